The molecule has 0 aliphatic heterocycles. The minimum atomic E-state index is 0.0380. The second kappa shape index (κ2) is 6.88. The van der Waals surface area contributed by atoms with Crippen molar-refractivity contribution in [1.29, 1.82) is 0 Å². The maximum Gasteiger partial charge on any atom is 0.258 e. The summed E-state index contributed by atoms with van der Waals surface area (Å²) >= 11 is 6.26. The molecule has 126 valence electrons. The van der Waals surface area contributed by atoms with Crippen LogP contribution in [-0.4, -0.2) is 16.2 Å². The minimum Gasteiger partial charge on any atom is -0.489 e. The zero-order chi connectivity index (χ0) is 18.0. The summed E-state index contributed by atoms with van der Waals surface area (Å²) in [5.41, 5.74) is 8.34. The van der Waals surface area contributed by atoms with E-state index in [1.54, 1.807) is 30.3 Å². The number of rotatable bonds is 4. The van der Waals surface area contributed by atoms with E-state index in [2.05, 4.69) is 16.1 Å². The van der Waals surface area contributed by atoms with E-state index in [1.807, 2.05) is 19.9 Å². The van der Waals surface area contributed by atoms with Gasteiger partial charge in [0, 0.05) is 22.4 Å². The molecule has 0 radical (unpaired) electrons. The van der Waals surface area contributed by atoms with Gasteiger partial charge in [-0.3, -0.25) is 0 Å². The minimum absolute atomic E-state index is 0.0380. The average molecular weight is 354 g/mol. The summed E-state index contributed by atoms with van der Waals surface area (Å²) in [6, 6.07) is 10.6. The summed E-state index contributed by atoms with van der Waals surface area (Å²) in [4.78, 5) is 4.40. The predicted octanol–water partition coefficient (Wildman–Crippen LogP) is 4.41. The molecule has 1 heterocycles. The molecule has 0 atom stereocenters. The molecule has 0 aliphatic carbocycles. The molecule has 0 saturated heterocycles. The van der Waals surface area contributed by atoms with Crippen LogP contribution in [0.25, 0.3) is 22.8 Å². The molecule has 0 spiro atoms. The highest BCUT2D eigenvalue weighted by Gasteiger charge is 2.14. The predicted molar refractivity (Wildman–Crippen MR) is 98.3 cm³/mol. The topological polar surface area (TPSA) is 74.2 Å². The number of halogens is 1. The van der Waals surface area contributed by atoms with Gasteiger partial charge in [-0.2, -0.15) is 4.98 Å². The molecule has 0 saturated carbocycles. The first kappa shape index (κ1) is 16.9. The van der Waals surface area contributed by atoms with Gasteiger partial charge in [0.25, 0.3) is 5.89 Å². The van der Waals surface area contributed by atoms with Gasteiger partial charge in [0.2, 0.25) is 5.82 Å². The zero-order valence-corrected chi connectivity index (χ0v) is 14.5. The molecule has 2 aromatic carbocycles. The van der Waals surface area contributed by atoms with Gasteiger partial charge < -0.3 is 15.0 Å². The number of anilines is 1. The standard InChI is InChI=1S/C19H16ClN3O2/c1-4-12-9-14(5-7-16(12)21)19-22-18(23-25-19)13-6-8-17(15(20)10-13)24-11(2)3/h1,5-11H,21H2,2-3H3. The quantitative estimate of drug-likeness (QED) is 0.555. The lowest BCUT2D eigenvalue weighted by Gasteiger charge is -2.11. The van der Waals surface area contributed by atoms with E-state index in [1.165, 1.54) is 0 Å². The molecule has 0 bridgehead atoms. The molecule has 1 aromatic heterocycles. The van der Waals surface area contributed by atoms with Crippen LogP contribution in [0.1, 0.15) is 19.4 Å². The molecule has 0 unspecified atom stereocenters. The Morgan fingerprint density at radius 2 is 1.96 bits per heavy atom. The first-order valence-electron chi connectivity index (χ1n) is 7.64. The Labute approximate surface area is 150 Å². The van der Waals surface area contributed by atoms with Crippen molar-refractivity contribution in [3.8, 4) is 40.9 Å². The van der Waals surface area contributed by atoms with E-state index in [9.17, 15) is 0 Å². The summed E-state index contributed by atoms with van der Waals surface area (Å²) in [6.45, 7) is 3.87. The molecule has 25 heavy (non-hydrogen) atoms. The Morgan fingerprint density at radius 3 is 2.64 bits per heavy atom. The molecule has 2 N–H and O–H groups in total. The normalized spacial score (nSPS) is 10.7. The monoisotopic (exact) mass is 353 g/mol. The van der Waals surface area contributed by atoms with Crippen LogP contribution in [0.3, 0.4) is 0 Å². The van der Waals surface area contributed by atoms with Crippen LogP contribution < -0.4 is 10.5 Å². The van der Waals surface area contributed by atoms with E-state index in [0.29, 0.717) is 39.3 Å². The summed E-state index contributed by atoms with van der Waals surface area (Å²) in [7, 11) is 0. The largest absolute Gasteiger partial charge is 0.489 e. The summed E-state index contributed by atoms with van der Waals surface area (Å²) in [6.07, 6.45) is 5.47. The SMILES string of the molecule is C#Cc1cc(-c2nc(-c3ccc(OC(C)C)c(Cl)c3)no2)ccc1N. The van der Waals surface area contributed by atoms with E-state index in [4.69, 9.17) is 33.0 Å². The molecular formula is C19H16ClN3O2. The van der Waals surface area contributed by atoms with Crippen LogP contribution in [0, 0.1) is 12.3 Å². The van der Waals surface area contributed by atoms with E-state index >= 15 is 0 Å². The van der Waals surface area contributed by atoms with E-state index < -0.39 is 0 Å². The average Bonchev–Trinajstić information content (AvgIpc) is 3.07. The Hall–Kier alpha value is -2.97. The second-order valence-electron chi connectivity index (χ2n) is 5.68. The number of hydrogen-bond donors (Lipinski definition) is 1. The van der Waals surface area contributed by atoms with E-state index in [-0.39, 0.29) is 6.10 Å². The van der Waals surface area contributed by atoms with Gasteiger partial charge in [0.15, 0.2) is 0 Å². The number of nitrogen functional groups attached to an aromatic ring is 1. The summed E-state index contributed by atoms with van der Waals surface area (Å²) in [5, 5.41) is 4.49. The molecule has 0 aliphatic rings. The van der Waals surface area contributed by atoms with Gasteiger partial charge in [-0.05, 0) is 50.2 Å². The highest BCUT2D eigenvalue weighted by molar-refractivity contribution is 6.32. The lowest BCUT2D eigenvalue weighted by Crippen LogP contribution is -2.05. The van der Waals surface area contributed by atoms with Crippen molar-refractivity contribution in [3.63, 3.8) is 0 Å². The number of benzene rings is 2. The first-order chi connectivity index (χ1) is 12.0. The van der Waals surface area contributed by atoms with Crippen LogP contribution in [-0.2, 0) is 0 Å². The Kier molecular flexibility index (Phi) is 4.64. The Morgan fingerprint density at radius 1 is 1.20 bits per heavy atom. The number of nitrogens with two attached hydrogens (primary N) is 1. The van der Waals surface area contributed by atoms with Gasteiger partial charge >= 0.3 is 0 Å². The number of nitrogens with zero attached hydrogens (tertiary/aromatic N) is 2. The molecule has 3 aromatic rings. The van der Waals surface area contributed by atoms with Crippen LogP contribution in [0.15, 0.2) is 40.9 Å². The third-order valence-corrected chi connectivity index (χ3v) is 3.73. The van der Waals surface area contributed by atoms with Crippen LogP contribution in [0.5, 0.6) is 5.75 Å². The third-order valence-electron chi connectivity index (χ3n) is 3.43. The van der Waals surface area contributed by atoms with Crippen molar-refractivity contribution in [2.24, 2.45) is 0 Å². The van der Waals surface area contributed by atoms with E-state index in [0.717, 1.165) is 5.56 Å². The van der Waals surface area contributed by atoms with Crippen molar-refractivity contribution in [2.75, 3.05) is 5.73 Å². The smallest absolute Gasteiger partial charge is 0.258 e. The number of aromatic nitrogens is 2. The lowest BCUT2D eigenvalue weighted by molar-refractivity contribution is 0.242. The fraction of sp³-hybridized carbons (Fsp3) is 0.158. The fourth-order valence-electron chi connectivity index (χ4n) is 2.26. The van der Waals surface area contributed by atoms with Gasteiger partial charge in [-0.15, -0.1) is 6.42 Å². The Balaban J connectivity index is 1.92. The lowest BCUT2D eigenvalue weighted by atomic mass is 10.1. The number of hydrogen-bond acceptors (Lipinski definition) is 5. The second-order valence-corrected chi connectivity index (χ2v) is 6.09. The van der Waals surface area contributed by atoms with Gasteiger partial charge in [-0.1, -0.05) is 22.7 Å². The first-order valence-corrected chi connectivity index (χ1v) is 8.02. The van der Waals surface area contributed by atoms with Gasteiger partial charge in [0.05, 0.1) is 11.1 Å². The molecule has 0 amide bonds. The molecule has 5 nitrogen and oxygen atoms in total. The van der Waals surface area contributed by atoms with Crippen molar-refractivity contribution in [1.82, 2.24) is 10.1 Å². The zero-order valence-electron chi connectivity index (χ0n) is 13.8. The number of ether oxygens (including phenoxy) is 1. The van der Waals surface area contributed by atoms with Crippen molar-refractivity contribution in [3.05, 3.63) is 47.0 Å². The van der Waals surface area contributed by atoms with Crippen molar-refractivity contribution in [2.45, 2.75) is 20.0 Å². The molecule has 6 heteroatoms. The number of terminal acetylenes is 1. The van der Waals surface area contributed by atoms with Gasteiger partial charge in [-0.25, -0.2) is 0 Å². The fourth-order valence-corrected chi connectivity index (χ4v) is 2.49. The highest BCUT2D eigenvalue weighted by atomic mass is 35.5. The third kappa shape index (κ3) is 3.59. The van der Waals surface area contributed by atoms with Gasteiger partial charge in [0.1, 0.15) is 5.75 Å². The van der Waals surface area contributed by atoms with Crippen LogP contribution in [0.4, 0.5) is 5.69 Å². The molecule has 0 fully saturated rings. The van der Waals surface area contributed by atoms with Crippen molar-refractivity contribution >= 4 is 17.3 Å². The maximum absolute atomic E-state index is 6.26. The van der Waals surface area contributed by atoms with Crippen LogP contribution in [0.2, 0.25) is 5.02 Å². The van der Waals surface area contributed by atoms with Crippen molar-refractivity contribution < 1.29 is 9.26 Å². The molecule has 3 rings (SSSR count). The maximum atomic E-state index is 6.26. The summed E-state index contributed by atoms with van der Waals surface area (Å²) in [5.74, 6) is 3.91. The molecular weight excluding hydrogens is 338 g/mol. The Bertz CT molecular complexity index is 958. The van der Waals surface area contributed by atoms with Crippen LogP contribution >= 0.6 is 11.6 Å². The summed E-state index contributed by atoms with van der Waals surface area (Å²) < 4.78 is 11.0. The highest BCUT2D eigenvalue weighted by Crippen LogP contribution is 2.31.